The van der Waals surface area contributed by atoms with Gasteiger partial charge in [-0.3, -0.25) is 0 Å². The summed E-state index contributed by atoms with van der Waals surface area (Å²) in [5.41, 5.74) is 4.50. The second kappa shape index (κ2) is 5.83. The SMILES string of the molecule is CCc1ccc(-c2nc(CCC(C)=O)[nH]c2C)cc1. The fourth-order valence-corrected chi connectivity index (χ4v) is 2.11. The minimum Gasteiger partial charge on any atom is -0.346 e. The molecule has 1 N–H and O–H groups in total. The zero-order valence-corrected chi connectivity index (χ0v) is 11.8. The van der Waals surface area contributed by atoms with E-state index in [4.69, 9.17) is 0 Å². The molecule has 3 heteroatoms. The normalized spacial score (nSPS) is 10.7. The quantitative estimate of drug-likeness (QED) is 0.890. The van der Waals surface area contributed by atoms with Crippen LogP contribution in [0.5, 0.6) is 0 Å². The third-order valence-corrected chi connectivity index (χ3v) is 3.28. The fourth-order valence-electron chi connectivity index (χ4n) is 2.11. The molecular formula is C16H20N2O. The minimum atomic E-state index is 0.197. The van der Waals surface area contributed by atoms with Gasteiger partial charge in [-0.1, -0.05) is 31.2 Å². The maximum atomic E-state index is 11.0. The van der Waals surface area contributed by atoms with Crippen molar-refractivity contribution in [2.45, 2.75) is 40.0 Å². The summed E-state index contributed by atoms with van der Waals surface area (Å²) in [5.74, 6) is 1.09. The summed E-state index contributed by atoms with van der Waals surface area (Å²) < 4.78 is 0. The number of hydrogen-bond donors (Lipinski definition) is 1. The fraction of sp³-hybridized carbons (Fsp3) is 0.375. The maximum Gasteiger partial charge on any atom is 0.130 e. The Morgan fingerprint density at radius 3 is 2.53 bits per heavy atom. The number of aromatic nitrogens is 2. The Hall–Kier alpha value is -1.90. The van der Waals surface area contributed by atoms with Crippen molar-refractivity contribution in [2.75, 3.05) is 0 Å². The van der Waals surface area contributed by atoms with Gasteiger partial charge in [0.2, 0.25) is 0 Å². The number of H-pyrrole nitrogens is 1. The number of nitrogens with one attached hydrogen (secondary N) is 1. The lowest BCUT2D eigenvalue weighted by atomic mass is 10.1. The van der Waals surface area contributed by atoms with Crippen molar-refractivity contribution in [3.8, 4) is 11.3 Å². The number of Topliss-reactive ketones (excluding diaryl/α,β-unsaturated/α-hetero) is 1. The number of rotatable bonds is 5. The maximum absolute atomic E-state index is 11.0. The zero-order valence-electron chi connectivity index (χ0n) is 11.8. The third-order valence-electron chi connectivity index (χ3n) is 3.28. The van der Waals surface area contributed by atoms with Gasteiger partial charge < -0.3 is 9.78 Å². The highest BCUT2D eigenvalue weighted by Crippen LogP contribution is 2.22. The van der Waals surface area contributed by atoms with Crippen LogP contribution < -0.4 is 0 Å². The van der Waals surface area contributed by atoms with E-state index in [1.54, 1.807) is 6.92 Å². The minimum absolute atomic E-state index is 0.197. The molecule has 19 heavy (non-hydrogen) atoms. The molecule has 0 fully saturated rings. The molecule has 0 atom stereocenters. The van der Waals surface area contributed by atoms with Crippen LogP contribution in [0.1, 0.15) is 37.4 Å². The highest BCUT2D eigenvalue weighted by Gasteiger charge is 2.09. The smallest absolute Gasteiger partial charge is 0.130 e. The van der Waals surface area contributed by atoms with Crippen molar-refractivity contribution in [1.82, 2.24) is 9.97 Å². The van der Waals surface area contributed by atoms with Crippen molar-refractivity contribution in [1.29, 1.82) is 0 Å². The van der Waals surface area contributed by atoms with Gasteiger partial charge in [-0.05, 0) is 25.8 Å². The molecule has 0 radical (unpaired) electrons. The first-order valence-corrected chi connectivity index (χ1v) is 6.74. The van der Waals surface area contributed by atoms with E-state index < -0.39 is 0 Å². The highest BCUT2D eigenvalue weighted by molar-refractivity contribution is 5.75. The molecule has 0 aliphatic carbocycles. The van der Waals surface area contributed by atoms with Gasteiger partial charge in [-0.25, -0.2) is 4.98 Å². The summed E-state index contributed by atoms with van der Waals surface area (Å²) in [5, 5.41) is 0. The van der Waals surface area contributed by atoms with E-state index in [0.29, 0.717) is 12.8 Å². The van der Waals surface area contributed by atoms with Crippen LogP contribution in [0.25, 0.3) is 11.3 Å². The zero-order chi connectivity index (χ0) is 13.8. The lowest BCUT2D eigenvalue weighted by Gasteiger charge is -2.00. The Morgan fingerprint density at radius 2 is 1.95 bits per heavy atom. The molecule has 2 aromatic rings. The molecule has 3 nitrogen and oxygen atoms in total. The molecule has 2 rings (SSSR count). The molecule has 100 valence electrons. The van der Waals surface area contributed by atoms with Crippen molar-refractivity contribution in [3.05, 3.63) is 41.3 Å². The van der Waals surface area contributed by atoms with E-state index in [1.165, 1.54) is 5.56 Å². The van der Waals surface area contributed by atoms with Crippen molar-refractivity contribution < 1.29 is 4.79 Å². The van der Waals surface area contributed by atoms with Crippen molar-refractivity contribution in [2.24, 2.45) is 0 Å². The summed E-state index contributed by atoms with van der Waals surface area (Å²) in [7, 11) is 0. The van der Waals surface area contributed by atoms with Gasteiger partial charge in [0.15, 0.2) is 0 Å². The van der Waals surface area contributed by atoms with E-state index in [1.807, 2.05) is 6.92 Å². The van der Waals surface area contributed by atoms with E-state index >= 15 is 0 Å². The largest absolute Gasteiger partial charge is 0.346 e. The molecule has 0 unspecified atom stereocenters. The molecule has 0 amide bonds. The molecule has 0 spiro atoms. The monoisotopic (exact) mass is 256 g/mol. The number of aryl methyl sites for hydroxylation is 3. The van der Waals surface area contributed by atoms with Gasteiger partial charge in [0.25, 0.3) is 0 Å². The first-order chi connectivity index (χ1) is 9.10. The van der Waals surface area contributed by atoms with E-state index in [0.717, 1.165) is 29.2 Å². The number of carbonyl (C=O) groups is 1. The predicted octanol–water partition coefficient (Wildman–Crippen LogP) is 3.47. The Balaban J connectivity index is 2.21. The van der Waals surface area contributed by atoms with Gasteiger partial charge in [0.05, 0.1) is 5.69 Å². The van der Waals surface area contributed by atoms with Crippen molar-refractivity contribution >= 4 is 5.78 Å². The number of nitrogens with zero attached hydrogens (tertiary/aromatic N) is 1. The van der Waals surface area contributed by atoms with Crippen LogP contribution in [0.4, 0.5) is 0 Å². The number of aromatic amines is 1. The lowest BCUT2D eigenvalue weighted by Crippen LogP contribution is -1.95. The summed E-state index contributed by atoms with van der Waals surface area (Å²) >= 11 is 0. The molecule has 0 aliphatic rings. The predicted molar refractivity (Wildman–Crippen MR) is 77.1 cm³/mol. The molecule has 1 aromatic heterocycles. The summed E-state index contributed by atoms with van der Waals surface area (Å²) in [6.45, 7) is 5.78. The Morgan fingerprint density at radius 1 is 1.26 bits per heavy atom. The highest BCUT2D eigenvalue weighted by atomic mass is 16.1. The third kappa shape index (κ3) is 3.31. The summed E-state index contributed by atoms with van der Waals surface area (Å²) in [4.78, 5) is 18.9. The molecule has 0 saturated heterocycles. The second-order valence-corrected chi connectivity index (χ2v) is 4.91. The van der Waals surface area contributed by atoms with Crippen LogP contribution in [-0.4, -0.2) is 15.8 Å². The van der Waals surface area contributed by atoms with Gasteiger partial charge in [0.1, 0.15) is 11.6 Å². The van der Waals surface area contributed by atoms with Crippen LogP contribution in [0.15, 0.2) is 24.3 Å². The molecule has 0 aliphatic heterocycles. The van der Waals surface area contributed by atoms with Crippen LogP contribution in [0, 0.1) is 6.92 Å². The van der Waals surface area contributed by atoms with Crippen molar-refractivity contribution in [3.63, 3.8) is 0 Å². The first-order valence-electron chi connectivity index (χ1n) is 6.74. The summed E-state index contributed by atoms with van der Waals surface area (Å²) in [6, 6.07) is 8.49. The number of benzene rings is 1. The average molecular weight is 256 g/mol. The molecule has 1 aromatic carbocycles. The molecule has 0 bridgehead atoms. The van der Waals surface area contributed by atoms with Gasteiger partial charge in [0, 0.05) is 24.1 Å². The van der Waals surface area contributed by atoms with Crippen LogP contribution in [-0.2, 0) is 17.6 Å². The Bertz CT molecular complexity index is 567. The molecular weight excluding hydrogens is 236 g/mol. The topological polar surface area (TPSA) is 45.8 Å². The van der Waals surface area contributed by atoms with E-state index in [9.17, 15) is 4.79 Å². The summed E-state index contributed by atoms with van der Waals surface area (Å²) in [6.07, 6.45) is 2.27. The Kier molecular flexibility index (Phi) is 4.15. The van der Waals surface area contributed by atoms with Crippen LogP contribution in [0.3, 0.4) is 0 Å². The second-order valence-electron chi connectivity index (χ2n) is 4.91. The van der Waals surface area contributed by atoms with Gasteiger partial charge in [-0.15, -0.1) is 0 Å². The van der Waals surface area contributed by atoms with Crippen LogP contribution >= 0.6 is 0 Å². The Labute approximate surface area is 114 Å². The van der Waals surface area contributed by atoms with E-state index in [2.05, 4.69) is 41.2 Å². The van der Waals surface area contributed by atoms with Crippen LogP contribution in [0.2, 0.25) is 0 Å². The van der Waals surface area contributed by atoms with Gasteiger partial charge >= 0.3 is 0 Å². The standard InChI is InChI=1S/C16H20N2O/c1-4-13-6-8-14(9-7-13)16-12(3)17-15(18-16)10-5-11(2)19/h6-9H,4-5,10H2,1-3H3,(H,17,18). The number of carbonyl (C=O) groups excluding carboxylic acids is 1. The number of hydrogen-bond acceptors (Lipinski definition) is 2. The van der Waals surface area contributed by atoms with Gasteiger partial charge in [-0.2, -0.15) is 0 Å². The first kappa shape index (κ1) is 13.5. The van der Waals surface area contributed by atoms with E-state index in [-0.39, 0.29) is 5.78 Å². The molecule has 0 saturated carbocycles. The molecule has 1 heterocycles. The lowest BCUT2D eigenvalue weighted by molar-refractivity contribution is -0.117. The number of ketones is 1. The average Bonchev–Trinajstić information content (AvgIpc) is 2.78. The number of imidazole rings is 1.